The third kappa shape index (κ3) is 3.92. The first-order chi connectivity index (χ1) is 14.5. The van der Waals surface area contributed by atoms with Crippen LogP contribution in [0.5, 0.6) is 0 Å². The van der Waals surface area contributed by atoms with Gasteiger partial charge in [-0.1, -0.05) is 31.4 Å². The minimum atomic E-state index is -0.924. The summed E-state index contributed by atoms with van der Waals surface area (Å²) in [4.78, 5) is 39.0. The molecule has 0 radical (unpaired) electrons. The smallest absolute Gasteiger partial charge is 0.341 e. The number of carboxylic acid groups (broad SMARTS) is 1. The monoisotopic (exact) mass is 431 g/mol. The summed E-state index contributed by atoms with van der Waals surface area (Å²) >= 11 is 1.47. The van der Waals surface area contributed by atoms with Crippen molar-refractivity contribution in [3.8, 4) is 0 Å². The van der Waals surface area contributed by atoms with Gasteiger partial charge >= 0.3 is 11.9 Å². The molecule has 4 atom stereocenters. The standard InChI is InChI=1S/C23H29NO5S/c1-2-29-23(28)19-15-8-6-4-3-5-7-9-16(15)30-21(19)24-20(25)17-13-10-11-14(12-13)18(17)22(26)27/h10-11,13-14,17-18H,2-9,12H2,1H3,(H,24,25)(H,26,27)/t13-,14+,17-,18+/m1/s1. The van der Waals surface area contributed by atoms with E-state index in [4.69, 9.17) is 4.74 Å². The molecule has 7 heteroatoms. The van der Waals surface area contributed by atoms with Crippen LogP contribution in [0.25, 0.3) is 0 Å². The van der Waals surface area contributed by atoms with Gasteiger partial charge in [0, 0.05) is 4.88 Å². The van der Waals surface area contributed by atoms with Crippen LogP contribution in [0.4, 0.5) is 5.00 Å². The third-order valence-corrected chi connectivity index (χ3v) is 7.89. The van der Waals surface area contributed by atoms with Crippen molar-refractivity contribution in [1.82, 2.24) is 0 Å². The molecule has 2 N–H and O–H groups in total. The number of hydrogen-bond donors (Lipinski definition) is 2. The fourth-order valence-corrected chi connectivity index (χ4v) is 6.60. The minimum absolute atomic E-state index is 0.0494. The van der Waals surface area contributed by atoms with Gasteiger partial charge in [0.25, 0.3) is 0 Å². The van der Waals surface area contributed by atoms with E-state index in [0.717, 1.165) is 42.5 Å². The average molecular weight is 432 g/mol. The zero-order chi connectivity index (χ0) is 21.3. The molecule has 6 nitrogen and oxygen atoms in total. The number of esters is 1. The lowest BCUT2D eigenvalue weighted by molar-refractivity contribution is -0.146. The molecule has 0 unspecified atom stereocenters. The molecular formula is C23H29NO5S. The molecular weight excluding hydrogens is 402 g/mol. The van der Waals surface area contributed by atoms with Gasteiger partial charge in [0.1, 0.15) is 5.00 Å². The van der Waals surface area contributed by atoms with Crippen LogP contribution in [0.15, 0.2) is 12.2 Å². The van der Waals surface area contributed by atoms with Gasteiger partial charge in [-0.3, -0.25) is 9.59 Å². The molecule has 2 bridgehead atoms. The number of thiophene rings is 1. The van der Waals surface area contributed by atoms with Crippen LogP contribution in [0.2, 0.25) is 0 Å². The Morgan fingerprint density at radius 2 is 1.73 bits per heavy atom. The van der Waals surface area contributed by atoms with Gasteiger partial charge in [0.2, 0.25) is 5.91 Å². The van der Waals surface area contributed by atoms with Gasteiger partial charge in [-0.05, 0) is 56.4 Å². The first-order valence-electron chi connectivity index (χ1n) is 11.0. The number of aryl methyl sites for hydroxylation is 1. The van der Waals surface area contributed by atoms with Crippen molar-refractivity contribution < 1.29 is 24.2 Å². The highest BCUT2D eigenvalue weighted by molar-refractivity contribution is 7.17. The van der Waals surface area contributed by atoms with Crippen LogP contribution in [0, 0.1) is 23.7 Å². The summed E-state index contributed by atoms with van der Waals surface area (Å²) in [6, 6.07) is 0. The van der Waals surface area contributed by atoms with E-state index in [9.17, 15) is 19.5 Å². The maximum Gasteiger partial charge on any atom is 0.341 e. The average Bonchev–Trinajstić information content (AvgIpc) is 3.40. The molecule has 30 heavy (non-hydrogen) atoms. The summed E-state index contributed by atoms with van der Waals surface area (Å²) in [7, 11) is 0. The molecule has 1 saturated carbocycles. The number of carbonyl (C=O) groups is 3. The van der Waals surface area contributed by atoms with Gasteiger partial charge in [-0.2, -0.15) is 0 Å². The minimum Gasteiger partial charge on any atom is -0.481 e. The van der Waals surface area contributed by atoms with E-state index in [1.165, 1.54) is 24.2 Å². The van der Waals surface area contributed by atoms with Crippen molar-refractivity contribution in [3.05, 3.63) is 28.2 Å². The molecule has 1 fully saturated rings. The number of nitrogens with one attached hydrogen (secondary N) is 1. The lowest BCUT2D eigenvalue weighted by Crippen LogP contribution is -2.36. The zero-order valence-electron chi connectivity index (χ0n) is 17.3. The van der Waals surface area contributed by atoms with E-state index in [2.05, 4.69) is 5.32 Å². The number of allylic oxidation sites excluding steroid dienone is 2. The summed E-state index contributed by atoms with van der Waals surface area (Å²) in [6.07, 6.45) is 11.9. The van der Waals surface area contributed by atoms with Crippen LogP contribution in [0.1, 0.15) is 66.2 Å². The first-order valence-corrected chi connectivity index (χ1v) is 11.9. The lowest BCUT2D eigenvalue weighted by Gasteiger charge is -2.23. The molecule has 3 aliphatic carbocycles. The molecule has 3 aliphatic rings. The number of fused-ring (bicyclic) bond motifs is 3. The van der Waals surface area contributed by atoms with Gasteiger partial charge in [-0.15, -0.1) is 11.3 Å². The van der Waals surface area contributed by atoms with E-state index >= 15 is 0 Å². The molecule has 1 aromatic heterocycles. The summed E-state index contributed by atoms with van der Waals surface area (Å²) in [5, 5.41) is 13.2. The summed E-state index contributed by atoms with van der Waals surface area (Å²) in [5.41, 5.74) is 1.50. The van der Waals surface area contributed by atoms with Crippen molar-refractivity contribution in [2.45, 2.75) is 58.3 Å². The predicted octanol–water partition coefficient (Wildman–Crippen LogP) is 4.44. The normalized spacial score (nSPS) is 27.6. The maximum absolute atomic E-state index is 13.2. The zero-order valence-corrected chi connectivity index (χ0v) is 18.1. The number of amides is 1. The number of ether oxygens (including phenoxy) is 1. The fourth-order valence-electron chi connectivity index (χ4n) is 5.32. The quantitative estimate of drug-likeness (QED) is 0.531. The van der Waals surface area contributed by atoms with Crippen LogP contribution >= 0.6 is 11.3 Å². The van der Waals surface area contributed by atoms with Crippen molar-refractivity contribution >= 4 is 34.2 Å². The number of hydrogen-bond acceptors (Lipinski definition) is 5. The van der Waals surface area contributed by atoms with E-state index in [0.29, 0.717) is 17.0 Å². The number of carboxylic acids is 1. The SMILES string of the molecule is CCOC(=O)c1c(NC(=O)[C@H]2[C@@H](C(=O)O)[C@H]3C=C[C@@H]2C3)sc2c1CCCCCCC2. The molecule has 1 amide bonds. The number of carbonyl (C=O) groups excluding carboxylic acids is 2. The Morgan fingerprint density at radius 3 is 2.43 bits per heavy atom. The van der Waals surface area contributed by atoms with Crippen LogP contribution < -0.4 is 5.32 Å². The second-order valence-corrected chi connectivity index (χ2v) is 9.63. The van der Waals surface area contributed by atoms with Gasteiger partial charge in [0.15, 0.2) is 0 Å². The fraction of sp³-hybridized carbons (Fsp3) is 0.609. The second-order valence-electron chi connectivity index (χ2n) is 8.52. The first kappa shape index (κ1) is 21.1. The second kappa shape index (κ2) is 8.92. The molecule has 1 aromatic rings. The number of rotatable bonds is 5. The van der Waals surface area contributed by atoms with Crippen LogP contribution in [-0.2, 0) is 27.2 Å². The third-order valence-electron chi connectivity index (χ3n) is 6.68. The summed E-state index contributed by atoms with van der Waals surface area (Å²) in [5.74, 6) is -3.04. The van der Waals surface area contributed by atoms with Crippen molar-refractivity contribution in [3.63, 3.8) is 0 Å². The van der Waals surface area contributed by atoms with E-state index in [-0.39, 0.29) is 24.3 Å². The van der Waals surface area contributed by atoms with Crippen LogP contribution in [0.3, 0.4) is 0 Å². The molecule has 1 heterocycles. The highest BCUT2D eigenvalue weighted by Crippen LogP contribution is 2.49. The van der Waals surface area contributed by atoms with E-state index in [1.54, 1.807) is 6.92 Å². The predicted molar refractivity (Wildman–Crippen MR) is 115 cm³/mol. The van der Waals surface area contributed by atoms with E-state index < -0.39 is 23.8 Å². The van der Waals surface area contributed by atoms with Gasteiger partial charge in [-0.25, -0.2) is 4.79 Å². The molecule has 162 valence electrons. The Bertz CT molecular complexity index is 873. The van der Waals surface area contributed by atoms with Crippen LogP contribution in [-0.4, -0.2) is 29.6 Å². The maximum atomic E-state index is 13.2. The number of aliphatic carboxylic acids is 1. The summed E-state index contributed by atoms with van der Waals surface area (Å²) < 4.78 is 5.32. The van der Waals surface area contributed by atoms with Gasteiger partial charge in [0.05, 0.1) is 24.0 Å². The molecule has 4 rings (SSSR count). The van der Waals surface area contributed by atoms with Crippen molar-refractivity contribution in [1.29, 1.82) is 0 Å². The Kier molecular flexibility index (Phi) is 6.27. The highest BCUT2D eigenvalue weighted by Gasteiger charge is 2.51. The Hall–Kier alpha value is -2.15. The Morgan fingerprint density at radius 1 is 1.07 bits per heavy atom. The molecule has 0 aliphatic heterocycles. The highest BCUT2D eigenvalue weighted by atomic mass is 32.1. The lowest BCUT2D eigenvalue weighted by atomic mass is 9.82. The van der Waals surface area contributed by atoms with E-state index in [1.807, 2.05) is 12.2 Å². The molecule has 0 saturated heterocycles. The Labute approximate surface area is 180 Å². The Balaban J connectivity index is 1.64. The largest absolute Gasteiger partial charge is 0.481 e. The molecule has 0 aromatic carbocycles. The summed E-state index contributed by atoms with van der Waals surface area (Å²) in [6.45, 7) is 2.05. The number of anilines is 1. The van der Waals surface area contributed by atoms with Crippen molar-refractivity contribution in [2.75, 3.05) is 11.9 Å². The molecule has 0 spiro atoms. The topological polar surface area (TPSA) is 92.7 Å². The van der Waals surface area contributed by atoms with Crippen molar-refractivity contribution in [2.24, 2.45) is 23.7 Å². The van der Waals surface area contributed by atoms with Gasteiger partial charge < -0.3 is 15.2 Å².